The van der Waals surface area contributed by atoms with Crippen molar-refractivity contribution in [2.24, 2.45) is 7.05 Å². The van der Waals surface area contributed by atoms with E-state index in [0.717, 1.165) is 42.3 Å². The van der Waals surface area contributed by atoms with Crippen LogP contribution in [-0.4, -0.2) is 44.6 Å². The number of urea groups is 1. The van der Waals surface area contributed by atoms with Gasteiger partial charge in [0.1, 0.15) is 5.82 Å². The number of aryl methyl sites for hydroxylation is 1. The molecule has 23 heavy (non-hydrogen) atoms. The van der Waals surface area contributed by atoms with Crippen molar-refractivity contribution < 1.29 is 4.79 Å². The third kappa shape index (κ3) is 3.69. The van der Waals surface area contributed by atoms with Crippen molar-refractivity contribution in [3.05, 3.63) is 36.7 Å². The molecule has 0 spiro atoms. The van der Waals surface area contributed by atoms with Gasteiger partial charge in [-0.3, -0.25) is 0 Å². The van der Waals surface area contributed by atoms with Gasteiger partial charge in [0.15, 0.2) is 0 Å². The maximum atomic E-state index is 12.5. The van der Waals surface area contributed by atoms with Crippen LogP contribution in [0.15, 0.2) is 36.7 Å². The SMILES string of the molecule is CC[C@@H]1CN(C(=O)Nc2cccc(-c3nccn3C)c2)CCS1. The van der Waals surface area contributed by atoms with E-state index < -0.39 is 0 Å². The molecule has 0 unspecified atom stereocenters. The summed E-state index contributed by atoms with van der Waals surface area (Å²) in [7, 11) is 1.96. The predicted octanol–water partition coefficient (Wildman–Crippen LogP) is 3.45. The average molecular weight is 330 g/mol. The fourth-order valence-corrected chi connectivity index (χ4v) is 3.91. The van der Waals surface area contributed by atoms with E-state index in [0.29, 0.717) is 5.25 Å². The van der Waals surface area contributed by atoms with E-state index in [9.17, 15) is 4.79 Å². The van der Waals surface area contributed by atoms with Gasteiger partial charge in [-0.25, -0.2) is 9.78 Å². The van der Waals surface area contributed by atoms with Crippen LogP contribution in [0.25, 0.3) is 11.4 Å². The summed E-state index contributed by atoms with van der Waals surface area (Å²) in [6.07, 6.45) is 4.79. The van der Waals surface area contributed by atoms with Crippen LogP contribution in [-0.2, 0) is 7.05 Å². The normalized spacial score (nSPS) is 18.0. The van der Waals surface area contributed by atoms with Crippen molar-refractivity contribution in [1.82, 2.24) is 14.5 Å². The molecule has 3 rings (SSSR count). The van der Waals surface area contributed by atoms with Crippen LogP contribution in [0.4, 0.5) is 10.5 Å². The van der Waals surface area contributed by atoms with Gasteiger partial charge in [-0.15, -0.1) is 0 Å². The second-order valence-corrected chi connectivity index (χ2v) is 7.13. The second kappa shape index (κ2) is 7.08. The molecule has 122 valence electrons. The third-order valence-corrected chi connectivity index (χ3v) is 5.45. The fourth-order valence-electron chi connectivity index (χ4n) is 2.73. The van der Waals surface area contributed by atoms with Gasteiger partial charge in [0.25, 0.3) is 0 Å². The van der Waals surface area contributed by atoms with Crippen LogP contribution in [0.2, 0.25) is 0 Å². The maximum absolute atomic E-state index is 12.5. The number of nitrogens with zero attached hydrogens (tertiary/aromatic N) is 3. The lowest BCUT2D eigenvalue weighted by Crippen LogP contribution is -2.43. The quantitative estimate of drug-likeness (QED) is 0.938. The number of thioether (sulfide) groups is 1. The summed E-state index contributed by atoms with van der Waals surface area (Å²) in [5, 5.41) is 3.57. The lowest BCUT2D eigenvalue weighted by atomic mass is 10.2. The van der Waals surface area contributed by atoms with E-state index in [1.165, 1.54) is 0 Å². The zero-order valence-electron chi connectivity index (χ0n) is 13.5. The minimum atomic E-state index is -0.0132. The van der Waals surface area contributed by atoms with Crippen LogP contribution >= 0.6 is 11.8 Å². The number of amides is 2. The van der Waals surface area contributed by atoms with E-state index in [2.05, 4.69) is 17.2 Å². The minimum Gasteiger partial charge on any atom is -0.334 e. The van der Waals surface area contributed by atoms with Crippen LogP contribution in [0, 0.1) is 0 Å². The van der Waals surface area contributed by atoms with Crippen molar-refractivity contribution >= 4 is 23.5 Å². The van der Waals surface area contributed by atoms with Crippen molar-refractivity contribution in [3.8, 4) is 11.4 Å². The summed E-state index contributed by atoms with van der Waals surface area (Å²) in [5.41, 5.74) is 1.80. The number of nitrogens with one attached hydrogen (secondary N) is 1. The lowest BCUT2D eigenvalue weighted by molar-refractivity contribution is 0.213. The van der Waals surface area contributed by atoms with E-state index in [1.807, 2.05) is 58.7 Å². The van der Waals surface area contributed by atoms with Gasteiger partial charge in [-0.1, -0.05) is 19.1 Å². The van der Waals surface area contributed by atoms with Gasteiger partial charge in [-0.05, 0) is 18.6 Å². The van der Waals surface area contributed by atoms with Gasteiger partial charge in [0.05, 0.1) is 0 Å². The van der Waals surface area contributed by atoms with Gasteiger partial charge in [0.2, 0.25) is 0 Å². The standard InChI is InChI=1S/C17H22N4OS/c1-3-15-12-21(9-10-23-15)17(22)19-14-6-4-5-13(11-14)16-18-7-8-20(16)2/h4-8,11,15H,3,9-10,12H2,1-2H3,(H,19,22)/t15-/m1/s1. The largest absolute Gasteiger partial charge is 0.334 e. The van der Waals surface area contributed by atoms with E-state index >= 15 is 0 Å². The summed E-state index contributed by atoms with van der Waals surface area (Å²) in [6, 6.07) is 7.82. The van der Waals surface area contributed by atoms with Crippen LogP contribution in [0.3, 0.4) is 0 Å². The molecule has 1 N–H and O–H groups in total. The van der Waals surface area contributed by atoms with Gasteiger partial charge in [-0.2, -0.15) is 11.8 Å². The molecule has 1 aromatic heterocycles. The smallest absolute Gasteiger partial charge is 0.321 e. The van der Waals surface area contributed by atoms with E-state index in [4.69, 9.17) is 0 Å². The highest BCUT2D eigenvalue weighted by Crippen LogP contribution is 2.23. The number of hydrogen-bond donors (Lipinski definition) is 1. The van der Waals surface area contributed by atoms with E-state index in [-0.39, 0.29) is 6.03 Å². The molecule has 0 radical (unpaired) electrons. The molecular weight excluding hydrogens is 308 g/mol. The van der Waals surface area contributed by atoms with Gasteiger partial charge >= 0.3 is 6.03 Å². The number of rotatable bonds is 3. The Bertz CT molecular complexity index is 685. The van der Waals surface area contributed by atoms with Crippen LogP contribution in [0.1, 0.15) is 13.3 Å². The molecule has 2 heterocycles. The molecular formula is C17H22N4OS. The zero-order chi connectivity index (χ0) is 16.2. The first-order valence-corrected chi connectivity index (χ1v) is 8.97. The molecule has 0 bridgehead atoms. The van der Waals surface area contributed by atoms with Crippen molar-refractivity contribution in [2.75, 3.05) is 24.2 Å². The Morgan fingerprint density at radius 2 is 2.35 bits per heavy atom. The fraction of sp³-hybridized carbons (Fsp3) is 0.412. The Kier molecular flexibility index (Phi) is 4.91. The summed E-state index contributed by atoms with van der Waals surface area (Å²) >= 11 is 1.96. The molecule has 2 amide bonds. The van der Waals surface area contributed by atoms with Crippen LogP contribution in [0.5, 0.6) is 0 Å². The molecule has 1 aliphatic heterocycles. The molecule has 2 aromatic rings. The molecule has 0 saturated carbocycles. The molecule has 1 aliphatic rings. The maximum Gasteiger partial charge on any atom is 0.321 e. The number of benzene rings is 1. The first-order chi connectivity index (χ1) is 11.2. The van der Waals surface area contributed by atoms with Crippen molar-refractivity contribution in [1.29, 1.82) is 0 Å². The highest BCUT2D eigenvalue weighted by atomic mass is 32.2. The first-order valence-electron chi connectivity index (χ1n) is 7.92. The summed E-state index contributed by atoms with van der Waals surface area (Å²) in [4.78, 5) is 18.7. The number of hydrogen-bond acceptors (Lipinski definition) is 3. The summed E-state index contributed by atoms with van der Waals surface area (Å²) < 4.78 is 1.97. The molecule has 0 aliphatic carbocycles. The molecule has 1 aromatic carbocycles. The Morgan fingerprint density at radius 1 is 1.48 bits per heavy atom. The van der Waals surface area contributed by atoms with Crippen molar-refractivity contribution in [2.45, 2.75) is 18.6 Å². The Morgan fingerprint density at radius 3 is 3.09 bits per heavy atom. The molecule has 6 heteroatoms. The minimum absolute atomic E-state index is 0.0132. The predicted molar refractivity (Wildman–Crippen MR) is 95.8 cm³/mol. The number of anilines is 1. The zero-order valence-corrected chi connectivity index (χ0v) is 14.3. The molecule has 1 saturated heterocycles. The Hall–Kier alpha value is -1.95. The van der Waals surface area contributed by atoms with Gasteiger partial charge < -0.3 is 14.8 Å². The number of imidazole rings is 1. The summed E-state index contributed by atoms with van der Waals surface area (Å²) in [5.74, 6) is 1.90. The number of carbonyl (C=O) groups excluding carboxylic acids is 1. The van der Waals surface area contributed by atoms with Crippen LogP contribution < -0.4 is 5.32 Å². The highest BCUT2D eigenvalue weighted by molar-refractivity contribution is 8.00. The Balaban J connectivity index is 1.70. The topological polar surface area (TPSA) is 50.2 Å². The molecule has 1 fully saturated rings. The molecule has 5 nitrogen and oxygen atoms in total. The number of carbonyl (C=O) groups is 1. The molecule has 1 atom stereocenters. The van der Waals surface area contributed by atoms with Crippen molar-refractivity contribution in [3.63, 3.8) is 0 Å². The summed E-state index contributed by atoms with van der Waals surface area (Å²) in [6.45, 7) is 3.81. The monoisotopic (exact) mass is 330 g/mol. The highest BCUT2D eigenvalue weighted by Gasteiger charge is 2.23. The average Bonchev–Trinajstić information content (AvgIpc) is 3.01. The van der Waals surface area contributed by atoms with Gasteiger partial charge in [0, 0.05) is 54.8 Å². The number of aromatic nitrogens is 2. The third-order valence-electron chi connectivity index (χ3n) is 4.07. The lowest BCUT2D eigenvalue weighted by Gasteiger charge is -2.31. The second-order valence-electron chi connectivity index (χ2n) is 5.72. The Labute approximate surface area is 141 Å². The first kappa shape index (κ1) is 15.9. The van der Waals surface area contributed by atoms with E-state index in [1.54, 1.807) is 6.20 Å².